The molecule has 0 atom stereocenters. The molecule has 0 bridgehead atoms. The van der Waals surface area contributed by atoms with Crippen molar-refractivity contribution < 1.29 is 8.42 Å². The van der Waals surface area contributed by atoms with Crippen molar-refractivity contribution in [3.8, 4) is 0 Å². The third-order valence-electron chi connectivity index (χ3n) is 3.36. The van der Waals surface area contributed by atoms with E-state index in [-0.39, 0.29) is 0 Å². The summed E-state index contributed by atoms with van der Waals surface area (Å²) in [7, 11) is -2.96. The first-order chi connectivity index (χ1) is 9.58. The van der Waals surface area contributed by atoms with Gasteiger partial charge in [-0.05, 0) is 18.9 Å². The molecule has 0 aliphatic carbocycles. The molecule has 0 amide bonds. The van der Waals surface area contributed by atoms with Crippen LogP contribution in [-0.2, 0) is 10.0 Å². The zero-order chi connectivity index (χ0) is 14.4. The summed E-state index contributed by atoms with van der Waals surface area (Å²) >= 11 is 0. The summed E-state index contributed by atoms with van der Waals surface area (Å²) in [4.78, 5) is 0. The first-order valence-electron chi connectivity index (χ1n) is 6.99. The van der Waals surface area contributed by atoms with Gasteiger partial charge < -0.3 is 5.32 Å². The summed E-state index contributed by atoms with van der Waals surface area (Å²) in [6, 6.07) is 10.2. The van der Waals surface area contributed by atoms with E-state index < -0.39 is 10.0 Å². The number of rotatable bonds is 6. The Bertz CT molecular complexity index is 552. The third kappa shape index (κ3) is 4.44. The molecule has 1 aliphatic rings. The van der Waals surface area contributed by atoms with Gasteiger partial charge in [-0.25, -0.2) is 12.7 Å². The molecule has 1 aromatic carbocycles. The lowest BCUT2D eigenvalue weighted by Gasteiger charge is -2.14. The largest absolute Gasteiger partial charge is 0.312 e. The van der Waals surface area contributed by atoms with Crippen molar-refractivity contribution >= 4 is 16.1 Å². The van der Waals surface area contributed by atoms with E-state index >= 15 is 0 Å². The van der Waals surface area contributed by atoms with Gasteiger partial charge in [-0.15, -0.1) is 0 Å². The van der Waals surface area contributed by atoms with Crippen molar-refractivity contribution in [3.63, 3.8) is 0 Å². The third-order valence-corrected chi connectivity index (χ3v) is 5.31. The van der Waals surface area contributed by atoms with Crippen LogP contribution in [0.2, 0.25) is 0 Å². The summed E-state index contributed by atoms with van der Waals surface area (Å²) < 4.78 is 24.8. The van der Waals surface area contributed by atoms with Crippen LogP contribution in [0, 0.1) is 0 Å². The second kappa shape index (κ2) is 7.02. The maximum Gasteiger partial charge on any atom is 0.214 e. The van der Waals surface area contributed by atoms with E-state index in [2.05, 4.69) is 30.4 Å². The minimum atomic E-state index is -2.96. The zero-order valence-corrected chi connectivity index (χ0v) is 12.7. The Morgan fingerprint density at radius 3 is 2.75 bits per heavy atom. The Balaban J connectivity index is 1.72. The van der Waals surface area contributed by atoms with Gasteiger partial charge in [-0.2, -0.15) is 0 Å². The average molecular weight is 294 g/mol. The highest BCUT2D eigenvalue weighted by Crippen LogP contribution is 2.11. The molecule has 5 heteroatoms. The molecule has 0 spiro atoms. The first kappa shape index (κ1) is 15.2. The maximum absolute atomic E-state index is 11.6. The molecule has 0 unspecified atom stereocenters. The second-order valence-electron chi connectivity index (χ2n) is 5.15. The van der Waals surface area contributed by atoms with Crippen molar-refractivity contribution in [2.45, 2.75) is 13.3 Å². The van der Waals surface area contributed by atoms with Crippen LogP contribution >= 0.6 is 0 Å². The highest BCUT2D eigenvalue weighted by molar-refractivity contribution is 7.89. The summed E-state index contributed by atoms with van der Waals surface area (Å²) in [6.07, 6.45) is 2.90. The van der Waals surface area contributed by atoms with E-state index in [1.807, 2.05) is 18.2 Å². The number of sulfonamides is 1. The number of nitrogens with zero attached hydrogens (tertiary/aromatic N) is 1. The van der Waals surface area contributed by atoms with Crippen LogP contribution in [0.25, 0.3) is 6.08 Å². The monoisotopic (exact) mass is 294 g/mol. The Hall–Kier alpha value is -1.17. The second-order valence-corrected chi connectivity index (χ2v) is 7.24. The fourth-order valence-electron chi connectivity index (χ4n) is 2.32. The topological polar surface area (TPSA) is 49.4 Å². The van der Waals surface area contributed by atoms with Gasteiger partial charge in [0.15, 0.2) is 0 Å². The minimum Gasteiger partial charge on any atom is -0.312 e. The fraction of sp³-hybridized carbons (Fsp3) is 0.467. The highest BCUT2D eigenvalue weighted by atomic mass is 32.2. The SMILES string of the molecule is C/C(=C/c1ccccc1)CNCCN1CCCS1(=O)=O. The van der Waals surface area contributed by atoms with E-state index in [0.717, 1.165) is 13.0 Å². The summed E-state index contributed by atoms with van der Waals surface area (Å²) in [5.74, 6) is 0.305. The molecular formula is C15H22N2O2S. The van der Waals surface area contributed by atoms with Crippen LogP contribution in [-0.4, -0.2) is 44.7 Å². The van der Waals surface area contributed by atoms with Gasteiger partial charge >= 0.3 is 0 Å². The smallest absolute Gasteiger partial charge is 0.214 e. The van der Waals surface area contributed by atoms with Crippen molar-refractivity contribution in [1.29, 1.82) is 0 Å². The summed E-state index contributed by atoms with van der Waals surface area (Å²) in [5.41, 5.74) is 2.43. The molecular weight excluding hydrogens is 272 g/mol. The van der Waals surface area contributed by atoms with Gasteiger partial charge in [0.1, 0.15) is 0 Å². The predicted octanol–water partition coefficient (Wildman–Crippen LogP) is 1.71. The summed E-state index contributed by atoms with van der Waals surface area (Å²) in [5, 5.41) is 3.30. The van der Waals surface area contributed by atoms with Gasteiger partial charge in [0.25, 0.3) is 0 Å². The van der Waals surface area contributed by atoms with Gasteiger partial charge in [0, 0.05) is 26.2 Å². The predicted molar refractivity (Wildman–Crippen MR) is 82.9 cm³/mol. The van der Waals surface area contributed by atoms with Crippen LogP contribution in [0.3, 0.4) is 0 Å². The molecule has 0 aromatic heterocycles. The molecule has 0 radical (unpaired) electrons. The molecule has 2 rings (SSSR count). The lowest BCUT2D eigenvalue weighted by Crippen LogP contribution is -2.33. The number of hydrogen-bond donors (Lipinski definition) is 1. The van der Waals surface area contributed by atoms with E-state index in [1.54, 1.807) is 4.31 Å². The van der Waals surface area contributed by atoms with Crippen LogP contribution in [0.15, 0.2) is 35.9 Å². The first-order valence-corrected chi connectivity index (χ1v) is 8.59. The van der Waals surface area contributed by atoms with Gasteiger partial charge in [0.2, 0.25) is 10.0 Å². The number of benzene rings is 1. The molecule has 1 N–H and O–H groups in total. The van der Waals surface area contributed by atoms with E-state index in [0.29, 0.717) is 25.4 Å². The molecule has 0 saturated carbocycles. The van der Waals surface area contributed by atoms with Crippen LogP contribution < -0.4 is 5.32 Å². The Kier molecular flexibility index (Phi) is 5.34. The zero-order valence-electron chi connectivity index (χ0n) is 11.9. The Labute approximate surface area is 121 Å². The van der Waals surface area contributed by atoms with Gasteiger partial charge in [0.05, 0.1) is 5.75 Å². The van der Waals surface area contributed by atoms with Gasteiger partial charge in [-0.1, -0.05) is 42.0 Å². The standard InChI is InChI=1S/C15H22N2O2S/c1-14(12-15-6-3-2-4-7-15)13-16-8-10-17-9-5-11-20(17,18)19/h2-4,6-7,12,16H,5,8-11,13H2,1H3/b14-12-. The normalized spacial score (nSPS) is 19.4. The van der Waals surface area contributed by atoms with E-state index in [1.165, 1.54) is 11.1 Å². The molecule has 1 saturated heterocycles. The molecule has 1 heterocycles. The van der Waals surface area contributed by atoms with Crippen molar-refractivity contribution in [2.75, 3.05) is 31.9 Å². The lowest BCUT2D eigenvalue weighted by molar-refractivity contribution is 0.437. The molecule has 110 valence electrons. The average Bonchev–Trinajstić information content (AvgIpc) is 2.75. The van der Waals surface area contributed by atoms with Crippen molar-refractivity contribution in [1.82, 2.24) is 9.62 Å². The van der Waals surface area contributed by atoms with Gasteiger partial charge in [-0.3, -0.25) is 0 Å². The van der Waals surface area contributed by atoms with E-state index in [4.69, 9.17) is 0 Å². The molecule has 1 aliphatic heterocycles. The summed E-state index contributed by atoms with van der Waals surface area (Å²) in [6.45, 7) is 4.79. The minimum absolute atomic E-state index is 0.305. The van der Waals surface area contributed by atoms with Crippen molar-refractivity contribution in [3.05, 3.63) is 41.5 Å². The lowest BCUT2D eigenvalue weighted by atomic mass is 10.1. The molecule has 1 aromatic rings. The number of nitrogens with one attached hydrogen (secondary N) is 1. The molecule has 20 heavy (non-hydrogen) atoms. The Morgan fingerprint density at radius 2 is 2.10 bits per heavy atom. The molecule has 1 fully saturated rings. The van der Waals surface area contributed by atoms with Crippen molar-refractivity contribution in [2.24, 2.45) is 0 Å². The van der Waals surface area contributed by atoms with Crippen LogP contribution in [0.5, 0.6) is 0 Å². The highest BCUT2D eigenvalue weighted by Gasteiger charge is 2.27. The van der Waals surface area contributed by atoms with Crippen LogP contribution in [0.4, 0.5) is 0 Å². The van der Waals surface area contributed by atoms with Crippen LogP contribution in [0.1, 0.15) is 18.9 Å². The quantitative estimate of drug-likeness (QED) is 0.813. The van der Waals surface area contributed by atoms with E-state index in [9.17, 15) is 8.42 Å². The fourth-order valence-corrected chi connectivity index (χ4v) is 3.85. The maximum atomic E-state index is 11.6. The Morgan fingerprint density at radius 1 is 1.35 bits per heavy atom. The number of hydrogen-bond acceptors (Lipinski definition) is 3. The molecule has 4 nitrogen and oxygen atoms in total.